The average Bonchev–Trinajstić information content (AvgIpc) is 3.68. The van der Waals surface area contributed by atoms with Crippen LogP contribution < -0.4 is 4.74 Å². The van der Waals surface area contributed by atoms with Crippen LogP contribution in [0.25, 0.3) is 27.6 Å². The van der Waals surface area contributed by atoms with Crippen LogP contribution in [0.2, 0.25) is 0 Å². The van der Waals surface area contributed by atoms with Gasteiger partial charge in [-0.25, -0.2) is 14.5 Å². The van der Waals surface area contributed by atoms with Crippen molar-refractivity contribution < 1.29 is 22.6 Å². The van der Waals surface area contributed by atoms with E-state index < -0.39 is 12.6 Å². The number of ether oxygens (including phenoxy) is 2. The molecule has 0 bridgehead atoms. The van der Waals surface area contributed by atoms with Crippen molar-refractivity contribution >= 4 is 17.0 Å². The highest BCUT2D eigenvalue weighted by atomic mass is 32.1. The highest BCUT2D eigenvalue weighted by Crippen LogP contribution is 2.40. The van der Waals surface area contributed by atoms with Gasteiger partial charge < -0.3 is 14.4 Å². The summed E-state index contributed by atoms with van der Waals surface area (Å²) in [6.45, 7) is 4.81. The van der Waals surface area contributed by atoms with E-state index in [1.807, 2.05) is 6.20 Å². The van der Waals surface area contributed by atoms with Gasteiger partial charge in [-0.3, -0.25) is 5.10 Å². The molecule has 4 aromatic heterocycles. The van der Waals surface area contributed by atoms with Gasteiger partial charge in [-0.05, 0) is 56.7 Å². The number of fused-ring (bicyclic) bond motifs is 1. The van der Waals surface area contributed by atoms with E-state index in [9.17, 15) is 13.2 Å². The number of likely N-dealkylation sites (tertiary alicyclic amines) is 1. The number of rotatable bonds is 7. The van der Waals surface area contributed by atoms with E-state index in [2.05, 4.69) is 30.2 Å². The quantitative estimate of drug-likeness (QED) is 0.341. The summed E-state index contributed by atoms with van der Waals surface area (Å²) in [6, 6.07) is 1.64. The van der Waals surface area contributed by atoms with Gasteiger partial charge in [0.25, 0.3) is 0 Å². The van der Waals surface area contributed by atoms with E-state index in [0.29, 0.717) is 33.8 Å². The first-order valence-electron chi connectivity index (χ1n) is 13.2. The second-order valence-electron chi connectivity index (χ2n) is 10.3. The minimum atomic E-state index is -4.43. The molecule has 208 valence electrons. The zero-order valence-electron chi connectivity index (χ0n) is 21.6. The number of methoxy groups -OCH3 is 1. The van der Waals surface area contributed by atoms with Gasteiger partial charge in [0.2, 0.25) is 0 Å². The van der Waals surface area contributed by atoms with E-state index in [4.69, 9.17) is 9.47 Å². The van der Waals surface area contributed by atoms with Gasteiger partial charge in [0.1, 0.15) is 17.0 Å². The minimum Gasteiger partial charge on any atom is -0.493 e. The summed E-state index contributed by atoms with van der Waals surface area (Å²) in [5.74, 6) is 1.35. The molecule has 13 heteroatoms. The molecule has 9 nitrogen and oxygen atoms in total. The molecule has 2 saturated heterocycles. The number of thiazole rings is 1. The maximum atomic E-state index is 13.7. The lowest BCUT2D eigenvalue weighted by Crippen LogP contribution is -2.38. The number of nitrogens with zero attached hydrogens (tertiary/aromatic N) is 6. The van der Waals surface area contributed by atoms with E-state index in [-0.39, 0.29) is 17.0 Å². The first-order chi connectivity index (χ1) is 18.9. The van der Waals surface area contributed by atoms with Crippen molar-refractivity contribution in [3.05, 3.63) is 35.2 Å². The Morgan fingerprint density at radius 2 is 2.05 bits per heavy atom. The monoisotopic (exact) mass is 561 g/mol. The number of halogens is 3. The maximum absolute atomic E-state index is 13.7. The Hall–Kier alpha value is -3.03. The molecule has 2 aliphatic rings. The second-order valence-corrected chi connectivity index (χ2v) is 11.3. The first-order valence-corrected chi connectivity index (χ1v) is 14.0. The molecule has 6 rings (SSSR count). The van der Waals surface area contributed by atoms with Gasteiger partial charge in [0.15, 0.2) is 11.4 Å². The number of aromatic nitrogens is 6. The zero-order chi connectivity index (χ0) is 27.0. The van der Waals surface area contributed by atoms with Crippen molar-refractivity contribution in [2.45, 2.75) is 44.2 Å². The SMILES string of the molecule is COc1cc(-c2[nH]nc(-c3ncc(C4CCN(CC5CCCOC5)CC4)s3)c2CC(F)(F)F)cn2ncnc12. The molecule has 1 unspecified atom stereocenters. The average molecular weight is 562 g/mol. The smallest absolute Gasteiger partial charge is 0.393 e. The summed E-state index contributed by atoms with van der Waals surface area (Å²) < 4.78 is 53.7. The molecule has 2 fully saturated rings. The third kappa shape index (κ3) is 5.66. The summed E-state index contributed by atoms with van der Waals surface area (Å²) in [7, 11) is 1.48. The Balaban J connectivity index is 1.24. The lowest BCUT2D eigenvalue weighted by atomic mass is 9.94. The number of piperidine rings is 1. The third-order valence-corrected chi connectivity index (χ3v) is 8.75. The molecule has 0 saturated carbocycles. The Bertz CT molecular complexity index is 1420. The number of hydrogen-bond donors (Lipinski definition) is 1. The molecule has 0 spiro atoms. The topological polar surface area (TPSA) is 93.5 Å². The summed E-state index contributed by atoms with van der Waals surface area (Å²) in [4.78, 5) is 12.3. The van der Waals surface area contributed by atoms with Crippen LogP contribution in [0.5, 0.6) is 5.75 Å². The maximum Gasteiger partial charge on any atom is 0.393 e. The molecule has 0 amide bonds. The molecule has 0 aliphatic carbocycles. The molecular formula is C26H30F3N7O2S. The first kappa shape index (κ1) is 26.2. The van der Waals surface area contributed by atoms with Crippen molar-refractivity contribution in [1.82, 2.24) is 34.7 Å². The Kier molecular flexibility index (Phi) is 7.29. The van der Waals surface area contributed by atoms with Crippen LogP contribution in [-0.2, 0) is 11.2 Å². The van der Waals surface area contributed by atoms with Crippen LogP contribution in [0.15, 0.2) is 24.8 Å². The highest BCUT2D eigenvalue weighted by Gasteiger charge is 2.34. The fourth-order valence-electron chi connectivity index (χ4n) is 5.64. The molecule has 0 aromatic carbocycles. The minimum absolute atomic E-state index is 0.0504. The zero-order valence-corrected chi connectivity index (χ0v) is 22.4. The van der Waals surface area contributed by atoms with Crippen molar-refractivity contribution in [3.63, 3.8) is 0 Å². The molecule has 6 heterocycles. The Morgan fingerprint density at radius 3 is 2.79 bits per heavy atom. The van der Waals surface area contributed by atoms with Gasteiger partial charge in [0.05, 0.1) is 25.8 Å². The largest absolute Gasteiger partial charge is 0.493 e. The lowest BCUT2D eigenvalue weighted by molar-refractivity contribution is -0.127. The summed E-state index contributed by atoms with van der Waals surface area (Å²) in [6.07, 6.45) is 3.61. The molecule has 0 radical (unpaired) electrons. The molecule has 4 aromatic rings. The number of aromatic amines is 1. The van der Waals surface area contributed by atoms with Gasteiger partial charge in [-0.1, -0.05) is 0 Å². The Morgan fingerprint density at radius 1 is 1.21 bits per heavy atom. The number of hydrogen-bond acceptors (Lipinski definition) is 8. The van der Waals surface area contributed by atoms with Crippen LogP contribution in [0.1, 0.15) is 42.0 Å². The van der Waals surface area contributed by atoms with Crippen LogP contribution in [0.4, 0.5) is 13.2 Å². The van der Waals surface area contributed by atoms with Crippen molar-refractivity contribution in [3.8, 4) is 27.7 Å². The van der Waals surface area contributed by atoms with Crippen molar-refractivity contribution in [2.75, 3.05) is 40.0 Å². The van der Waals surface area contributed by atoms with Crippen LogP contribution in [-0.4, -0.2) is 80.8 Å². The standard InChI is InChI=1S/C26H30F3N7O2S/c1-37-20-9-18(13-36-24(20)31-15-32-36)22-19(10-26(27,28)29)23(34-33-22)25-30-11-21(39-25)17-4-6-35(7-5-17)12-16-3-2-8-38-14-16/h9,11,13,15-17H,2-8,10,12,14H2,1H3,(H,33,34). The Labute approximate surface area is 227 Å². The van der Waals surface area contributed by atoms with E-state index >= 15 is 0 Å². The molecule has 1 N–H and O–H groups in total. The third-order valence-electron chi connectivity index (χ3n) is 7.58. The van der Waals surface area contributed by atoms with E-state index in [1.165, 1.54) is 35.7 Å². The van der Waals surface area contributed by atoms with Crippen LogP contribution >= 0.6 is 11.3 Å². The number of nitrogens with one attached hydrogen (secondary N) is 1. The molecule has 39 heavy (non-hydrogen) atoms. The van der Waals surface area contributed by atoms with E-state index in [0.717, 1.165) is 57.0 Å². The van der Waals surface area contributed by atoms with Crippen molar-refractivity contribution in [1.29, 1.82) is 0 Å². The molecule has 2 aliphatic heterocycles. The second kappa shape index (κ2) is 10.9. The normalized spacial score (nSPS) is 19.6. The van der Waals surface area contributed by atoms with Crippen LogP contribution in [0.3, 0.4) is 0 Å². The van der Waals surface area contributed by atoms with Gasteiger partial charge in [-0.2, -0.15) is 23.4 Å². The number of H-pyrrole nitrogens is 1. The van der Waals surface area contributed by atoms with Gasteiger partial charge >= 0.3 is 6.18 Å². The van der Waals surface area contributed by atoms with Gasteiger partial charge in [-0.15, -0.1) is 11.3 Å². The summed E-state index contributed by atoms with van der Waals surface area (Å²) in [5, 5.41) is 11.8. The summed E-state index contributed by atoms with van der Waals surface area (Å²) in [5.41, 5.74) is 1.48. The summed E-state index contributed by atoms with van der Waals surface area (Å²) >= 11 is 1.44. The fourth-order valence-corrected chi connectivity index (χ4v) is 6.74. The number of pyridine rings is 1. The fraction of sp³-hybridized carbons (Fsp3) is 0.538. The highest BCUT2D eigenvalue weighted by molar-refractivity contribution is 7.15. The predicted molar refractivity (Wildman–Crippen MR) is 140 cm³/mol. The lowest BCUT2D eigenvalue weighted by Gasteiger charge is -2.34. The number of alkyl halides is 3. The van der Waals surface area contributed by atoms with E-state index in [1.54, 1.807) is 12.3 Å². The molecule has 1 atom stereocenters. The molecular weight excluding hydrogens is 531 g/mol. The van der Waals surface area contributed by atoms with Crippen LogP contribution in [0, 0.1) is 5.92 Å². The predicted octanol–water partition coefficient (Wildman–Crippen LogP) is 4.96. The van der Waals surface area contributed by atoms with Gasteiger partial charge in [0, 0.05) is 41.5 Å². The van der Waals surface area contributed by atoms with Crippen molar-refractivity contribution in [2.24, 2.45) is 5.92 Å².